The molecule has 0 fully saturated rings. The van der Waals surface area contributed by atoms with Crippen LogP contribution >= 0.6 is 0 Å². The van der Waals surface area contributed by atoms with E-state index in [1.165, 1.54) is 0 Å². The first-order valence-electron chi connectivity index (χ1n) is 6.32. The minimum atomic E-state index is -0.824. The van der Waals surface area contributed by atoms with Gasteiger partial charge in [0.05, 0.1) is 6.54 Å². The molecule has 104 valence electrons. The number of carboxylic acids is 1. The van der Waals surface area contributed by atoms with Gasteiger partial charge >= 0.3 is 5.97 Å². The Bertz CT molecular complexity index is 429. The Labute approximate surface area is 113 Å². The van der Waals surface area contributed by atoms with Crippen LogP contribution in [0.3, 0.4) is 0 Å². The quantitative estimate of drug-likeness (QED) is 0.780. The van der Waals surface area contributed by atoms with Gasteiger partial charge in [0.15, 0.2) is 0 Å². The van der Waals surface area contributed by atoms with Crippen molar-refractivity contribution in [2.24, 2.45) is 0 Å². The molecule has 0 aromatic heterocycles. The molecule has 0 aliphatic rings. The number of aliphatic carboxylic acids is 1. The number of carbonyl (C=O) groups excluding carboxylic acids is 1. The predicted octanol–water partition coefficient (Wildman–Crippen LogP) is 1.34. The molecule has 0 heterocycles. The van der Waals surface area contributed by atoms with Crippen LogP contribution in [-0.2, 0) is 11.3 Å². The molecule has 5 heteroatoms. The molecular weight excluding hydrogens is 244 g/mol. The molecule has 0 spiro atoms. The first-order valence-corrected chi connectivity index (χ1v) is 6.32. The largest absolute Gasteiger partial charge is 0.480 e. The van der Waals surface area contributed by atoms with Gasteiger partial charge in [-0.1, -0.05) is 19.1 Å². The maximum absolute atomic E-state index is 11.4. The highest BCUT2D eigenvalue weighted by atomic mass is 16.4. The first-order chi connectivity index (χ1) is 9.06. The second kappa shape index (κ2) is 7.53. The summed E-state index contributed by atoms with van der Waals surface area (Å²) in [4.78, 5) is 24.0. The lowest BCUT2D eigenvalue weighted by Gasteiger charge is -2.19. The van der Waals surface area contributed by atoms with Crippen molar-refractivity contribution < 1.29 is 14.7 Å². The summed E-state index contributed by atoms with van der Waals surface area (Å²) in [5.74, 6) is -0.946. The second-order valence-corrected chi connectivity index (χ2v) is 4.38. The molecule has 2 N–H and O–H groups in total. The zero-order chi connectivity index (χ0) is 14.3. The van der Waals surface area contributed by atoms with Gasteiger partial charge in [-0.15, -0.1) is 0 Å². The fourth-order valence-electron chi connectivity index (χ4n) is 1.89. The summed E-state index contributed by atoms with van der Waals surface area (Å²) in [7, 11) is 1.59. The third-order valence-electron chi connectivity index (χ3n) is 2.75. The summed E-state index contributed by atoms with van der Waals surface area (Å²) in [6.07, 6.45) is 0.906. The van der Waals surface area contributed by atoms with Crippen molar-refractivity contribution in [3.05, 3.63) is 35.4 Å². The Morgan fingerprint density at radius 2 is 1.89 bits per heavy atom. The summed E-state index contributed by atoms with van der Waals surface area (Å²) >= 11 is 0. The van der Waals surface area contributed by atoms with Gasteiger partial charge in [-0.05, 0) is 30.7 Å². The van der Waals surface area contributed by atoms with Crippen molar-refractivity contribution in [1.82, 2.24) is 10.2 Å². The zero-order valence-electron chi connectivity index (χ0n) is 11.3. The first kappa shape index (κ1) is 15.2. The van der Waals surface area contributed by atoms with Gasteiger partial charge in [0.2, 0.25) is 0 Å². The minimum Gasteiger partial charge on any atom is -0.480 e. The van der Waals surface area contributed by atoms with E-state index in [-0.39, 0.29) is 12.5 Å². The predicted molar refractivity (Wildman–Crippen MR) is 73.0 cm³/mol. The molecule has 0 aliphatic carbocycles. The Morgan fingerprint density at radius 3 is 2.37 bits per heavy atom. The number of nitrogens with zero attached hydrogens (tertiary/aromatic N) is 1. The summed E-state index contributed by atoms with van der Waals surface area (Å²) < 4.78 is 0. The fraction of sp³-hybridized carbons (Fsp3) is 0.429. The normalized spacial score (nSPS) is 10.5. The molecule has 1 rings (SSSR count). The minimum absolute atomic E-state index is 0.0328. The van der Waals surface area contributed by atoms with Crippen molar-refractivity contribution in [3.8, 4) is 0 Å². The van der Waals surface area contributed by atoms with Crippen LogP contribution in [0.15, 0.2) is 24.3 Å². The van der Waals surface area contributed by atoms with E-state index in [1.807, 2.05) is 24.0 Å². The summed E-state index contributed by atoms with van der Waals surface area (Å²) in [5.41, 5.74) is 1.61. The average Bonchev–Trinajstić information content (AvgIpc) is 2.38. The Balaban J connectivity index is 2.68. The van der Waals surface area contributed by atoms with Crippen molar-refractivity contribution >= 4 is 11.9 Å². The third kappa shape index (κ3) is 5.09. The Morgan fingerprint density at radius 1 is 1.26 bits per heavy atom. The molecule has 0 aliphatic heterocycles. The molecule has 0 atom stereocenters. The lowest BCUT2D eigenvalue weighted by atomic mass is 10.1. The van der Waals surface area contributed by atoms with Crippen molar-refractivity contribution in [3.63, 3.8) is 0 Å². The van der Waals surface area contributed by atoms with Gasteiger partial charge in [0, 0.05) is 19.2 Å². The van der Waals surface area contributed by atoms with Crippen LogP contribution in [0.4, 0.5) is 0 Å². The summed E-state index contributed by atoms with van der Waals surface area (Å²) in [5, 5.41) is 11.4. The highest BCUT2D eigenvalue weighted by Crippen LogP contribution is 2.08. The molecule has 0 saturated heterocycles. The number of carbonyl (C=O) groups is 2. The van der Waals surface area contributed by atoms with Gasteiger partial charge < -0.3 is 10.4 Å². The highest BCUT2D eigenvalue weighted by molar-refractivity contribution is 5.93. The number of benzene rings is 1. The monoisotopic (exact) mass is 264 g/mol. The highest BCUT2D eigenvalue weighted by Gasteiger charge is 2.10. The lowest BCUT2D eigenvalue weighted by molar-refractivity contribution is -0.138. The van der Waals surface area contributed by atoms with E-state index in [0.717, 1.165) is 18.5 Å². The van der Waals surface area contributed by atoms with Gasteiger partial charge in [-0.3, -0.25) is 14.5 Å². The topological polar surface area (TPSA) is 69.6 Å². The number of carboxylic acid groups (broad SMARTS) is 1. The Kier molecular flexibility index (Phi) is 6.02. The van der Waals surface area contributed by atoms with Crippen molar-refractivity contribution in [1.29, 1.82) is 0 Å². The maximum Gasteiger partial charge on any atom is 0.317 e. The molecule has 0 bridgehead atoms. The molecule has 1 amide bonds. The zero-order valence-corrected chi connectivity index (χ0v) is 11.3. The van der Waals surface area contributed by atoms with E-state index in [1.54, 1.807) is 19.2 Å². The molecule has 1 aromatic carbocycles. The van der Waals surface area contributed by atoms with Crippen LogP contribution in [0.5, 0.6) is 0 Å². The average molecular weight is 264 g/mol. The van der Waals surface area contributed by atoms with Crippen LogP contribution in [0, 0.1) is 0 Å². The van der Waals surface area contributed by atoms with E-state index >= 15 is 0 Å². The van der Waals surface area contributed by atoms with E-state index in [4.69, 9.17) is 5.11 Å². The van der Waals surface area contributed by atoms with E-state index in [9.17, 15) is 9.59 Å². The van der Waals surface area contributed by atoms with Crippen LogP contribution in [-0.4, -0.2) is 42.0 Å². The molecule has 5 nitrogen and oxygen atoms in total. The van der Waals surface area contributed by atoms with Crippen LogP contribution < -0.4 is 5.32 Å². The Hall–Kier alpha value is -1.88. The number of amides is 1. The molecular formula is C14H20N2O3. The van der Waals surface area contributed by atoms with Crippen LogP contribution in [0.1, 0.15) is 29.3 Å². The van der Waals surface area contributed by atoms with Gasteiger partial charge in [0.25, 0.3) is 5.91 Å². The number of nitrogens with one attached hydrogen (secondary N) is 1. The third-order valence-corrected chi connectivity index (χ3v) is 2.75. The van der Waals surface area contributed by atoms with Gasteiger partial charge in [0.1, 0.15) is 0 Å². The summed E-state index contributed by atoms with van der Waals surface area (Å²) in [6.45, 7) is 3.37. The standard InChI is InChI=1S/C14H20N2O3/c1-3-8-16(10-13(17)18)9-11-4-6-12(7-5-11)14(19)15-2/h4-7H,3,8-10H2,1-2H3,(H,15,19)(H,17,18). The van der Waals surface area contributed by atoms with E-state index in [2.05, 4.69) is 5.32 Å². The molecule has 0 radical (unpaired) electrons. The molecule has 0 unspecified atom stereocenters. The van der Waals surface area contributed by atoms with Crippen molar-refractivity contribution in [2.45, 2.75) is 19.9 Å². The molecule has 1 aromatic rings. The number of hydrogen-bond acceptors (Lipinski definition) is 3. The number of hydrogen-bond donors (Lipinski definition) is 2. The number of rotatable bonds is 7. The SMILES string of the molecule is CCCN(CC(=O)O)Cc1ccc(C(=O)NC)cc1. The van der Waals surface area contributed by atoms with E-state index in [0.29, 0.717) is 12.1 Å². The van der Waals surface area contributed by atoms with E-state index < -0.39 is 5.97 Å². The summed E-state index contributed by atoms with van der Waals surface area (Å²) in [6, 6.07) is 7.21. The van der Waals surface area contributed by atoms with Crippen LogP contribution in [0.25, 0.3) is 0 Å². The van der Waals surface area contributed by atoms with Gasteiger partial charge in [-0.25, -0.2) is 0 Å². The smallest absolute Gasteiger partial charge is 0.317 e. The fourth-order valence-corrected chi connectivity index (χ4v) is 1.89. The maximum atomic E-state index is 11.4. The molecule has 19 heavy (non-hydrogen) atoms. The van der Waals surface area contributed by atoms with Crippen molar-refractivity contribution in [2.75, 3.05) is 20.1 Å². The lowest BCUT2D eigenvalue weighted by Crippen LogP contribution is -2.30. The second-order valence-electron chi connectivity index (χ2n) is 4.38. The van der Waals surface area contributed by atoms with Gasteiger partial charge in [-0.2, -0.15) is 0 Å². The van der Waals surface area contributed by atoms with Crippen LogP contribution in [0.2, 0.25) is 0 Å². The molecule has 0 saturated carbocycles.